The van der Waals surface area contributed by atoms with E-state index in [1.54, 1.807) is 20.0 Å². The summed E-state index contributed by atoms with van der Waals surface area (Å²) in [4.78, 5) is 11.1. The molecule has 0 saturated heterocycles. The van der Waals surface area contributed by atoms with Crippen LogP contribution < -0.4 is 4.74 Å². The fraction of sp³-hybridized carbons (Fsp3) is 0.286. The first-order valence-corrected chi connectivity index (χ1v) is 8.20. The number of aromatic nitrogens is 2. The molecule has 22 heavy (non-hydrogen) atoms. The van der Waals surface area contributed by atoms with Crippen molar-refractivity contribution < 1.29 is 23.1 Å². The Morgan fingerprint density at radius 2 is 1.95 bits per heavy atom. The molecule has 0 fully saturated rings. The SMILES string of the molecule is COc1cc(-c2cc(C(=O)O)nn2C)c(S(C)(=O)=O)cc1C. The number of hydrogen-bond donors (Lipinski definition) is 1. The van der Waals surface area contributed by atoms with E-state index in [0.29, 0.717) is 22.6 Å². The lowest BCUT2D eigenvalue weighted by molar-refractivity contribution is 0.0689. The van der Waals surface area contributed by atoms with Gasteiger partial charge >= 0.3 is 5.97 Å². The van der Waals surface area contributed by atoms with Crippen molar-refractivity contribution in [2.45, 2.75) is 11.8 Å². The minimum absolute atomic E-state index is 0.103. The van der Waals surface area contributed by atoms with Crippen LogP contribution in [0.3, 0.4) is 0 Å². The molecule has 0 aliphatic rings. The van der Waals surface area contributed by atoms with Crippen molar-refractivity contribution in [2.75, 3.05) is 13.4 Å². The maximum Gasteiger partial charge on any atom is 0.356 e. The molecule has 1 aromatic carbocycles. The number of aromatic carboxylic acids is 1. The molecule has 0 aliphatic heterocycles. The zero-order valence-electron chi connectivity index (χ0n) is 12.6. The maximum absolute atomic E-state index is 12.0. The second kappa shape index (κ2) is 5.45. The molecule has 0 spiro atoms. The fourth-order valence-corrected chi connectivity index (χ4v) is 3.17. The summed E-state index contributed by atoms with van der Waals surface area (Å²) in [5.74, 6) is -0.665. The second-order valence-electron chi connectivity index (χ2n) is 4.93. The first kappa shape index (κ1) is 16.0. The molecule has 0 radical (unpaired) electrons. The molecule has 0 bridgehead atoms. The predicted molar refractivity (Wildman–Crippen MR) is 80.0 cm³/mol. The molecule has 8 heteroatoms. The normalized spacial score (nSPS) is 11.5. The molecule has 2 rings (SSSR count). The van der Waals surface area contributed by atoms with Crippen molar-refractivity contribution in [3.63, 3.8) is 0 Å². The van der Waals surface area contributed by atoms with Crippen LogP contribution in [0, 0.1) is 6.92 Å². The van der Waals surface area contributed by atoms with Crippen LogP contribution >= 0.6 is 0 Å². The summed E-state index contributed by atoms with van der Waals surface area (Å²) >= 11 is 0. The smallest absolute Gasteiger partial charge is 0.356 e. The Balaban J connectivity index is 2.81. The number of carboxylic acids is 1. The zero-order chi connectivity index (χ0) is 16.7. The van der Waals surface area contributed by atoms with E-state index >= 15 is 0 Å². The van der Waals surface area contributed by atoms with Gasteiger partial charge in [0.2, 0.25) is 0 Å². The van der Waals surface area contributed by atoms with Crippen LogP contribution in [0.5, 0.6) is 5.75 Å². The molecule has 0 unspecified atom stereocenters. The Hall–Kier alpha value is -2.35. The summed E-state index contributed by atoms with van der Waals surface area (Å²) in [5.41, 5.74) is 1.26. The number of benzene rings is 1. The Labute approximate surface area is 128 Å². The molecule has 1 heterocycles. The Kier molecular flexibility index (Phi) is 3.97. The lowest BCUT2D eigenvalue weighted by Gasteiger charge is -2.13. The average Bonchev–Trinajstić information content (AvgIpc) is 2.79. The number of nitrogens with zero attached hydrogens (tertiary/aromatic N) is 2. The number of rotatable bonds is 4. The molecular weight excluding hydrogens is 308 g/mol. The zero-order valence-corrected chi connectivity index (χ0v) is 13.4. The Morgan fingerprint density at radius 3 is 2.41 bits per heavy atom. The van der Waals surface area contributed by atoms with E-state index < -0.39 is 15.8 Å². The van der Waals surface area contributed by atoms with Gasteiger partial charge in [0.25, 0.3) is 0 Å². The van der Waals surface area contributed by atoms with Crippen LogP contribution in [0.1, 0.15) is 16.1 Å². The second-order valence-corrected chi connectivity index (χ2v) is 6.92. The van der Waals surface area contributed by atoms with Crippen LogP contribution in [0.4, 0.5) is 0 Å². The van der Waals surface area contributed by atoms with E-state index in [1.165, 1.54) is 23.9 Å². The van der Waals surface area contributed by atoms with Crippen molar-refractivity contribution in [3.8, 4) is 17.0 Å². The van der Waals surface area contributed by atoms with E-state index in [4.69, 9.17) is 9.84 Å². The lowest BCUT2D eigenvalue weighted by atomic mass is 10.1. The predicted octanol–water partition coefficient (Wildman–Crippen LogP) is 1.51. The monoisotopic (exact) mass is 324 g/mol. The van der Waals surface area contributed by atoms with Crippen LogP contribution in [0.2, 0.25) is 0 Å². The lowest BCUT2D eigenvalue weighted by Crippen LogP contribution is -2.04. The van der Waals surface area contributed by atoms with Crippen molar-refractivity contribution in [3.05, 3.63) is 29.5 Å². The standard InChI is InChI=1S/C14H16N2O5S/c1-8-5-13(22(4,19)20)9(6-12(8)21-3)11-7-10(14(17)18)15-16(11)2/h5-7H,1-4H3,(H,17,18). The molecule has 118 valence electrons. The van der Waals surface area contributed by atoms with E-state index in [9.17, 15) is 13.2 Å². The minimum atomic E-state index is -3.50. The highest BCUT2D eigenvalue weighted by Crippen LogP contribution is 2.33. The van der Waals surface area contributed by atoms with Gasteiger partial charge in [-0.15, -0.1) is 0 Å². The highest BCUT2D eigenvalue weighted by Gasteiger charge is 2.21. The molecule has 0 saturated carbocycles. The van der Waals surface area contributed by atoms with Crippen molar-refractivity contribution >= 4 is 15.8 Å². The van der Waals surface area contributed by atoms with E-state index in [0.717, 1.165) is 6.26 Å². The van der Waals surface area contributed by atoms with Gasteiger partial charge in [0.05, 0.1) is 17.7 Å². The third-order valence-electron chi connectivity index (χ3n) is 3.27. The molecule has 0 atom stereocenters. The van der Waals surface area contributed by atoms with Crippen molar-refractivity contribution in [1.29, 1.82) is 0 Å². The molecule has 1 N–H and O–H groups in total. The largest absolute Gasteiger partial charge is 0.496 e. The van der Waals surface area contributed by atoms with Crippen molar-refractivity contribution in [1.82, 2.24) is 9.78 Å². The average molecular weight is 324 g/mol. The molecule has 0 amide bonds. The quantitative estimate of drug-likeness (QED) is 0.915. The topological polar surface area (TPSA) is 98.5 Å². The first-order valence-electron chi connectivity index (χ1n) is 6.31. The minimum Gasteiger partial charge on any atom is -0.496 e. The summed E-state index contributed by atoms with van der Waals surface area (Å²) in [5, 5.41) is 12.9. The van der Waals surface area contributed by atoms with Gasteiger partial charge in [0.15, 0.2) is 15.5 Å². The Bertz CT molecular complexity index is 852. The Morgan fingerprint density at radius 1 is 1.32 bits per heavy atom. The summed E-state index contributed by atoms with van der Waals surface area (Å²) in [6, 6.07) is 4.42. The van der Waals surface area contributed by atoms with Gasteiger partial charge in [-0.1, -0.05) is 0 Å². The van der Waals surface area contributed by atoms with Gasteiger partial charge in [-0.05, 0) is 30.7 Å². The van der Waals surface area contributed by atoms with Gasteiger partial charge in [-0.2, -0.15) is 5.10 Å². The molecule has 7 nitrogen and oxygen atoms in total. The van der Waals surface area contributed by atoms with E-state index in [1.807, 2.05) is 0 Å². The fourth-order valence-electron chi connectivity index (χ4n) is 2.21. The molecule has 0 aliphatic carbocycles. The van der Waals surface area contributed by atoms with Crippen LogP contribution in [0.15, 0.2) is 23.1 Å². The van der Waals surface area contributed by atoms with Crippen molar-refractivity contribution in [2.24, 2.45) is 7.05 Å². The summed E-state index contributed by atoms with van der Waals surface area (Å²) in [6.07, 6.45) is 1.10. The van der Waals surface area contributed by atoms with E-state index in [2.05, 4.69) is 5.10 Å². The first-order chi connectivity index (χ1) is 10.1. The highest BCUT2D eigenvalue weighted by atomic mass is 32.2. The van der Waals surface area contributed by atoms with Crippen LogP contribution in [-0.2, 0) is 16.9 Å². The number of aryl methyl sites for hydroxylation is 2. The van der Waals surface area contributed by atoms with E-state index in [-0.39, 0.29) is 10.6 Å². The number of hydrogen-bond acceptors (Lipinski definition) is 5. The van der Waals surface area contributed by atoms with Gasteiger partial charge in [-0.3, -0.25) is 4.68 Å². The summed E-state index contributed by atoms with van der Waals surface area (Å²) < 4.78 is 30.7. The summed E-state index contributed by atoms with van der Waals surface area (Å²) in [7, 11) is -0.461. The number of methoxy groups -OCH3 is 1. The van der Waals surface area contributed by atoms with Gasteiger partial charge in [-0.25, -0.2) is 13.2 Å². The van der Waals surface area contributed by atoms with Gasteiger partial charge in [0, 0.05) is 18.9 Å². The third kappa shape index (κ3) is 2.82. The summed E-state index contributed by atoms with van der Waals surface area (Å²) in [6.45, 7) is 1.74. The van der Waals surface area contributed by atoms with Gasteiger partial charge in [0.1, 0.15) is 5.75 Å². The third-order valence-corrected chi connectivity index (χ3v) is 4.41. The number of ether oxygens (including phenoxy) is 1. The van der Waals surface area contributed by atoms with Crippen LogP contribution in [0.25, 0.3) is 11.3 Å². The number of carboxylic acid groups (broad SMARTS) is 1. The van der Waals surface area contributed by atoms with Crippen LogP contribution in [-0.4, -0.2) is 42.6 Å². The number of sulfone groups is 1. The molecular formula is C14H16N2O5S. The molecule has 1 aromatic heterocycles. The highest BCUT2D eigenvalue weighted by molar-refractivity contribution is 7.90. The molecule has 2 aromatic rings. The number of carbonyl (C=O) groups is 1. The van der Waals surface area contributed by atoms with Gasteiger partial charge < -0.3 is 9.84 Å². The maximum atomic E-state index is 12.0.